The molecule has 1 fully saturated rings. The van der Waals surface area contributed by atoms with Gasteiger partial charge in [0.15, 0.2) is 5.12 Å². The van der Waals surface area contributed by atoms with Gasteiger partial charge in [-0.3, -0.25) is 9.59 Å². The Morgan fingerprint density at radius 1 is 1.45 bits per heavy atom. The Morgan fingerprint density at radius 2 is 2.15 bits per heavy atom. The van der Waals surface area contributed by atoms with Crippen LogP contribution in [0.15, 0.2) is 22.7 Å². The highest BCUT2D eigenvalue weighted by molar-refractivity contribution is 9.10. The standard InChI is InChI=1S/C14H17BrN2O2S/c1-9(18)20-11-7-14(19)17(8-11)13-6-10(15)4-5-12(13)16(2)3/h4-6,11H,7-8H2,1-3H3. The number of carbonyl (C=O) groups is 2. The highest BCUT2D eigenvalue weighted by Crippen LogP contribution is 2.36. The second-order valence-corrected chi connectivity index (χ2v) is 7.36. The normalized spacial score (nSPS) is 18.5. The van der Waals surface area contributed by atoms with Crippen LogP contribution in [0.2, 0.25) is 0 Å². The third kappa shape index (κ3) is 3.35. The summed E-state index contributed by atoms with van der Waals surface area (Å²) in [6.45, 7) is 2.13. The van der Waals surface area contributed by atoms with Crippen molar-refractivity contribution in [3.8, 4) is 0 Å². The van der Waals surface area contributed by atoms with Gasteiger partial charge in [0.25, 0.3) is 0 Å². The topological polar surface area (TPSA) is 40.6 Å². The lowest BCUT2D eigenvalue weighted by Gasteiger charge is -2.24. The fourth-order valence-electron chi connectivity index (χ4n) is 2.31. The maximum absolute atomic E-state index is 12.2. The maximum atomic E-state index is 12.2. The molecular formula is C14H17BrN2O2S. The molecule has 0 aromatic heterocycles. The summed E-state index contributed by atoms with van der Waals surface area (Å²) in [7, 11) is 3.91. The molecule has 1 aromatic rings. The van der Waals surface area contributed by atoms with E-state index in [0.717, 1.165) is 15.8 Å². The molecule has 1 amide bonds. The van der Waals surface area contributed by atoms with Crippen LogP contribution in [-0.2, 0) is 9.59 Å². The fourth-order valence-corrected chi connectivity index (χ4v) is 3.58. The summed E-state index contributed by atoms with van der Waals surface area (Å²) in [5.41, 5.74) is 1.89. The van der Waals surface area contributed by atoms with E-state index in [0.29, 0.717) is 13.0 Å². The second-order valence-electron chi connectivity index (χ2n) is 4.97. The Bertz CT molecular complexity index is 548. The van der Waals surface area contributed by atoms with Gasteiger partial charge < -0.3 is 9.80 Å². The van der Waals surface area contributed by atoms with E-state index in [2.05, 4.69) is 15.9 Å². The van der Waals surface area contributed by atoms with Crippen molar-refractivity contribution >= 4 is 50.1 Å². The van der Waals surface area contributed by atoms with Gasteiger partial charge in [0, 0.05) is 43.7 Å². The molecule has 20 heavy (non-hydrogen) atoms. The van der Waals surface area contributed by atoms with Crippen molar-refractivity contribution in [3.63, 3.8) is 0 Å². The first-order valence-corrected chi connectivity index (χ1v) is 8.00. The SMILES string of the molecule is CC(=O)SC1CC(=O)N(c2cc(Br)ccc2N(C)C)C1. The largest absolute Gasteiger partial charge is 0.376 e. The first-order valence-electron chi connectivity index (χ1n) is 6.33. The zero-order valence-electron chi connectivity index (χ0n) is 11.7. The van der Waals surface area contributed by atoms with Gasteiger partial charge in [-0.1, -0.05) is 27.7 Å². The van der Waals surface area contributed by atoms with Crippen LogP contribution >= 0.6 is 27.7 Å². The molecule has 0 spiro atoms. The molecule has 1 aliphatic rings. The highest BCUT2D eigenvalue weighted by atomic mass is 79.9. The summed E-state index contributed by atoms with van der Waals surface area (Å²) >= 11 is 4.71. The van der Waals surface area contributed by atoms with Crippen molar-refractivity contribution in [2.24, 2.45) is 0 Å². The van der Waals surface area contributed by atoms with Gasteiger partial charge in [0.2, 0.25) is 5.91 Å². The maximum Gasteiger partial charge on any atom is 0.228 e. The number of thioether (sulfide) groups is 1. The lowest BCUT2D eigenvalue weighted by atomic mass is 10.2. The van der Waals surface area contributed by atoms with Crippen LogP contribution in [0.3, 0.4) is 0 Å². The number of rotatable bonds is 3. The summed E-state index contributed by atoms with van der Waals surface area (Å²) in [5, 5.41) is 0.112. The Kier molecular flexibility index (Phi) is 4.75. The van der Waals surface area contributed by atoms with Gasteiger partial charge >= 0.3 is 0 Å². The predicted molar refractivity (Wildman–Crippen MR) is 87.5 cm³/mol. The van der Waals surface area contributed by atoms with E-state index < -0.39 is 0 Å². The minimum atomic E-state index is 0.0500. The highest BCUT2D eigenvalue weighted by Gasteiger charge is 2.33. The van der Waals surface area contributed by atoms with Gasteiger partial charge in [-0.05, 0) is 18.2 Å². The number of benzene rings is 1. The van der Waals surface area contributed by atoms with Crippen molar-refractivity contribution in [2.75, 3.05) is 30.4 Å². The number of amides is 1. The molecule has 0 aliphatic carbocycles. The van der Waals surface area contributed by atoms with Crippen LogP contribution in [-0.4, -0.2) is 36.9 Å². The molecule has 4 nitrogen and oxygen atoms in total. The molecule has 0 bridgehead atoms. The Labute approximate surface area is 131 Å². The first kappa shape index (κ1) is 15.4. The summed E-state index contributed by atoms with van der Waals surface area (Å²) in [6, 6.07) is 5.90. The lowest BCUT2D eigenvalue weighted by Crippen LogP contribution is -2.27. The van der Waals surface area contributed by atoms with E-state index >= 15 is 0 Å². The summed E-state index contributed by atoms with van der Waals surface area (Å²) < 4.78 is 0.938. The van der Waals surface area contributed by atoms with Gasteiger partial charge in [0.1, 0.15) is 0 Å². The zero-order chi connectivity index (χ0) is 14.9. The predicted octanol–water partition coefficient (Wildman–Crippen LogP) is 2.90. The molecule has 6 heteroatoms. The number of carbonyl (C=O) groups excluding carboxylic acids is 2. The molecular weight excluding hydrogens is 340 g/mol. The summed E-state index contributed by atoms with van der Waals surface area (Å²) in [5.74, 6) is 0.0740. The minimum absolute atomic E-state index is 0.0500. The van der Waals surface area contributed by atoms with Crippen molar-refractivity contribution in [1.82, 2.24) is 0 Å². The van der Waals surface area contributed by atoms with E-state index in [1.807, 2.05) is 37.2 Å². The molecule has 1 aliphatic heterocycles. The zero-order valence-corrected chi connectivity index (χ0v) is 14.1. The van der Waals surface area contributed by atoms with Crippen LogP contribution in [0.25, 0.3) is 0 Å². The molecule has 108 valence electrons. The van der Waals surface area contributed by atoms with Crippen molar-refractivity contribution in [2.45, 2.75) is 18.6 Å². The number of nitrogens with zero attached hydrogens (tertiary/aromatic N) is 2. The Balaban J connectivity index is 2.29. The molecule has 0 radical (unpaired) electrons. The van der Waals surface area contributed by atoms with E-state index in [1.165, 1.54) is 11.8 Å². The van der Waals surface area contributed by atoms with E-state index in [9.17, 15) is 9.59 Å². The fraction of sp³-hybridized carbons (Fsp3) is 0.429. The van der Waals surface area contributed by atoms with Crippen LogP contribution in [0.5, 0.6) is 0 Å². The number of anilines is 2. The van der Waals surface area contributed by atoms with Crippen molar-refractivity contribution in [1.29, 1.82) is 0 Å². The van der Waals surface area contributed by atoms with Crippen LogP contribution < -0.4 is 9.80 Å². The lowest BCUT2D eigenvalue weighted by molar-refractivity contribution is -0.117. The molecule has 1 saturated heterocycles. The number of hydrogen-bond acceptors (Lipinski definition) is 4. The van der Waals surface area contributed by atoms with E-state index in [1.54, 1.807) is 11.8 Å². The second kappa shape index (κ2) is 6.18. The molecule has 0 N–H and O–H groups in total. The van der Waals surface area contributed by atoms with Gasteiger partial charge in [-0.15, -0.1) is 0 Å². The average molecular weight is 357 g/mol. The van der Waals surface area contributed by atoms with Crippen LogP contribution in [0, 0.1) is 0 Å². The smallest absolute Gasteiger partial charge is 0.228 e. The Morgan fingerprint density at radius 3 is 2.75 bits per heavy atom. The third-order valence-electron chi connectivity index (χ3n) is 3.13. The summed E-state index contributed by atoms with van der Waals surface area (Å²) in [4.78, 5) is 27.2. The first-order chi connectivity index (χ1) is 9.38. The van der Waals surface area contributed by atoms with Gasteiger partial charge in [-0.2, -0.15) is 0 Å². The van der Waals surface area contributed by atoms with E-state index in [4.69, 9.17) is 0 Å². The quantitative estimate of drug-likeness (QED) is 0.834. The molecule has 1 unspecified atom stereocenters. The summed E-state index contributed by atoms with van der Waals surface area (Å²) in [6.07, 6.45) is 0.420. The van der Waals surface area contributed by atoms with Crippen molar-refractivity contribution in [3.05, 3.63) is 22.7 Å². The van der Waals surface area contributed by atoms with Crippen molar-refractivity contribution < 1.29 is 9.59 Å². The number of halogens is 1. The monoisotopic (exact) mass is 356 g/mol. The van der Waals surface area contributed by atoms with Gasteiger partial charge in [-0.25, -0.2) is 0 Å². The molecule has 2 rings (SSSR count). The van der Waals surface area contributed by atoms with E-state index in [-0.39, 0.29) is 16.3 Å². The molecule has 1 heterocycles. The Hall–Kier alpha value is -1.01. The minimum Gasteiger partial charge on any atom is -0.376 e. The molecule has 1 aromatic carbocycles. The van der Waals surface area contributed by atoms with Gasteiger partial charge in [0.05, 0.1) is 11.4 Å². The third-order valence-corrected chi connectivity index (χ3v) is 4.61. The molecule has 0 saturated carbocycles. The average Bonchev–Trinajstić information content (AvgIpc) is 2.68. The molecule has 1 atom stereocenters. The van der Waals surface area contributed by atoms with Crippen LogP contribution in [0.4, 0.5) is 11.4 Å². The van der Waals surface area contributed by atoms with Crippen LogP contribution in [0.1, 0.15) is 13.3 Å². The number of hydrogen-bond donors (Lipinski definition) is 0.